The minimum absolute atomic E-state index is 0.0926. The van der Waals surface area contributed by atoms with Gasteiger partial charge in [0.05, 0.1) is 24.6 Å². The third-order valence-electron chi connectivity index (χ3n) is 5.12. The van der Waals surface area contributed by atoms with Crippen molar-refractivity contribution in [2.45, 2.75) is 57.8 Å². The molecule has 0 fully saturated rings. The molecule has 2 amide bonds. The first kappa shape index (κ1) is 24.6. The van der Waals surface area contributed by atoms with Gasteiger partial charge < -0.3 is 15.5 Å². The quantitative estimate of drug-likeness (QED) is 0.392. The van der Waals surface area contributed by atoms with E-state index in [4.69, 9.17) is 10.2 Å². The van der Waals surface area contributed by atoms with E-state index in [1.165, 1.54) is 17.3 Å². The summed E-state index contributed by atoms with van der Waals surface area (Å²) >= 11 is 1.30. The van der Waals surface area contributed by atoms with Crippen LogP contribution in [0.3, 0.4) is 0 Å². The zero-order valence-corrected chi connectivity index (χ0v) is 20.1. The summed E-state index contributed by atoms with van der Waals surface area (Å²) in [4.78, 5) is 23.8. The van der Waals surface area contributed by atoms with E-state index in [0.29, 0.717) is 29.9 Å². The first-order valence-corrected chi connectivity index (χ1v) is 12.0. The fourth-order valence-corrected chi connectivity index (χ4v) is 4.24. The number of nitrogens with two attached hydrogens (primary N) is 1. The number of primary amides is 1. The maximum atomic E-state index is 12.6. The highest BCUT2D eigenvalue weighted by atomic mass is 32.2. The van der Waals surface area contributed by atoms with Crippen LogP contribution < -0.4 is 11.1 Å². The lowest BCUT2D eigenvalue weighted by molar-refractivity contribution is -0.119. The Bertz CT molecular complexity index is 1040. The van der Waals surface area contributed by atoms with Gasteiger partial charge in [-0.1, -0.05) is 49.9 Å². The summed E-state index contributed by atoms with van der Waals surface area (Å²) in [5.74, 6) is 1.67. The lowest BCUT2D eigenvalue weighted by Gasteiger charge is -2.15. The maximum absolute atomic E-state index is 12.6. The van der Waals surface area contributed by atoms with Gasteiger partial charge in [0.2, 0.25) is 11.8 Å². The van der Waals surface area contributed by atoms with E-state index >= 15 is 0 Å². The Morgan fingerprint density at radius 2 is 1.91 bits per heavy atom. The molecule has 9 heteroatoms. The number of hydrogen-bond donors (Lipinski definition) is 2. The van der Waals surface area contributed by atoms with Gasteiger partial charge in [0.25, 0.3) is 0 Å². The van der Waals surface area contributed by atoms with Crippen molar-refractivity contribution in [1.82, 2.24) is 20.1 Å². The monoisotopic (exact) mass is 469 g/mol. The van der Waals surface area contributed by atoms with Crippen molar-refractivity contribution in [3.8, 4) is 0 Å². The maximum Gasteiger partial charge on any atom is 0.230 e. The summed E-state index contributed by atoms with van der Waals surface area (Å²) in [6.07, 6.45) is 3.19. The number of benzene rings is 1. The third kappa shape index (κ3) is 7.49. The van der Waals surface area contributed by atoms with Crippen molar-refractivity contribution < 1.29 is 14.0 Å². The fraction of sp³-hybridized carbons (Fsp3) is 0.417. The van der Waals surface area contributed by atoms with Crippen LogP contribution >= 0.6 is 11.8 Å². The average Bonchev–Trinajstić information content (AvgIpc) is 3.41. The van der Waals surface area contributed by atoms with Crippen LogP contribution in [0.15, 0.2) is 52.2 Å². The summed E-state index contributed by atoms with van der Waals surface area (Å²) in [6.45, 7) is 6.79. The van der Waals surface area contributed by atoms with Crippen molar-refractivity contribution in [1.29, 1.82) is 0 Å². The van der Waals surface area contributed by atoms with Crippen LogP contribution in [0.4, 0.5) is 0 Å². The first-order valence-electron chi connectivity index (χ1n) is 11.1. The van der Waals surface area contributed by atoms with E-state index in [1.807, 2.05) is 17.6 Å². The van der Waals surface area contributed by atoms with E-state index < -0.39 is 5.91 Å². The van der Waals surface area contributed by atoms with Gasteiger partial charge in [-0.15, -0.1) is 10.2 Å². The molecule has 1 aromatic carbocycles. The van der Waals surface area contributed by atoms with Gasteiger partial charge in [0.1, 0.15) is 11.6 Å². The number of carbonyl (C=O) groups is 2. The number of carbonyl (C=O) groups excluding carboxylic acids is 2. The minimum atomic E-state index is -0.401. The predicted octanol–water partition coefficient (Wildman–Crippen LogP) is 3.51. The van der Waals surface area contributed by atoms with E-state index in [-0.39, 0.29) is 24.1 Å². The number of aromatic nitrogens is 3. The molecule has 0 radical (unpaired) electrons. The number of rotatable bonds is 12. The molecule has 176 valence electrons. The van der Waals surface area contributed by atoms with E-state index in [0.717, 1.165) is 17.7 Å². The highest BCUT2D eigenvalue weighted by molar-refractivity contribution is 7.99. The molecule has 0 bridgehead atoms. The number of thioether (sulfide) groups is 1. The number of hydrogen-bond acceptors (Lipinski definition) is 6. The van der Waals surface area contributed by atoms with E-state index in [9.17, 15) is 9.59 Å². The molecular weight excluding hydrogens is 438 g/mol. The van der Waals surface area contributed by atoms with E-state index in [1.54, 1.807) is 12.3 Å². The van der Waals surface area contributed by atoms with Gasteiger partial charge in [-0.05, 0) is 42.5 Å². The number of aryl methyl sites for hydroxylation is 1. The van der Waals surface area contributed by atoms with Gasteiger partial charge in [-0.25, -0.2) is 0 Å². The molecule has 0 aliphatic rings. The lowest BCUT2D eigenvalue weighted by atomic mass is 10.00. The molecule has 2 heterocycles. The molecule has 33 heavy (non-hydrogen) atoms. The second kappa shape index (κ2) is 11.7. The minimum Gasteiger partial charge on any atom is -0.467 e. The largest absolute Gasteiger partial charge is 0.467 e. The normalized spacial score (nSPS) is 12.1. The third-order valence-corrected chi connectivity index (χ3v) is 6.08. The van der Waals surface area contributed by atoms with Crippen LogP contribution in [0.25, 0.3) is 0 Å². The standard InChI is InChI=1S/C24H31N5O3S/c1-16(2)13-18-6-8-19(9-7-18)17(3)26-23(31)15-33-24-28-27-22(11-10-21(25)30)29(24)14-20-5-4-12-32-20/h4-9,12,16-17H,10-11,13-15H2,1-3H3,(H2,25,30)(H,26,31)/t17-/m1/s1. The number of amides is 2. The predicted molar refractivity (Wildman–Crippen MR) is 128 cm³/mol. The van der Waals surface area contributed by atoms with Crippen LogP contribution in [-0.2, 0) is 29.0 Å². The molecule has 0 aliphatic carbocycles. The van der Waals surface area contributed by atoms with Crippen LogP contribution in [0.2, 0.25) is 0 Å². The van der Waals surface area contributed by atoms with Crippen LogP contribution in [0, 0.1) is 5.92 Å². The number of furan rings is 1. The van der Waals surface area contributed by atoms with Gasteiger partial charge in [0, 0.05) is 12.8 Å². The smallest absolute Gasteiger partial charge is 0.230 e. The highest BCUT2D eigenvalue weighted by Gasteiger charge is 2.17. The molecule has 3 N–H and O–H groups in total. The highest BCUT2D eigenvalue weighted by Crippen LogP contribution is 2.21. The van der Waals surface area contributed by atoms with Crippen molar-refractivity contribution >= 4 is 23.6 Å². The van der Waals surface area contributed by atoms with Crippen molar-refractivity contribution in [3.63, 3.8) is 0 Å². The molecule has 0 spiro atoms. The van der Waals surface area contributed by atoms with Gasteiger partial charge >= 0.3 is 0 Å². The summed E-state index contributed by atoms with van der Waals surface area (Å²) in [5.41, 5.74) is 7.64. The molecular formula is C24H31N5O3S. The zero-order valence-electron chi connectivity index (χ0n) is 19.3. The molecule has 0 saturated carbocycles. The zero-order chi connectivity index (χ0) is 23.8. The first-order chi connectivity index (χ1) is 15.8. The SMILES string of the molecule is CC(C)Cc1ccc([C@@H](C)NC(=O)CSc2nnc(CCC(N)=O)n2Cc2ccco2)cc1. The Balaban J connectivity index is 1.60. The summed E-state index contributed by atoms with van der Waals surface area (Å²) in [5, 5.41) is 12.0. The molecule has 0 saturated heterocycles. The molecule has 1 atom stereocenters. The Kier molecular flexibility index (Phi) is 8.71. The lowest BCUT2D eigenvalue weighted by Crippen LogP contribution is -2.28. The molecule has 3 aromatic rings. The molecule has 0 aliphatic heterocycles. The average molecular weight is 470 g/mol. The van der Waals surface area contributed by atoms with Crippen LogP contribution in [0.1, 0.15) is 55.9 Å². The molecule has 3 rings (SSSR count). The second-order valence-electron chi connectivity index (χ2n) is 8.45. The van der Waals surface area contributed by atoms with Gasteiger partial charge in [-0.2, -0.15) is 0 Å². The summed E-state index contributed by atoms with van der Waals surface area (Å²) in [6, 6.07) is 11.9. The fourth-order valence-electron chi connectivity index (χ4n) is 3.47. The van der Waals surface area contributed by atoms with Gasteiger partial charge in [0.15, 0.2) is 5.16 Å². The van der Waals surface area contributed by atoms with Gasteiger partial charge in [-0.3, -0.25) is 14.2 Å². The van der Waals surface area contributed by atoms with Crippen molar-refractivity contribution in [2.75, 3.05) is 5.75 Å². The van der Waals surface area contributed by atoms with Crippen molar-refractivity contribution in [3.05, 3.63) is 65.4 Å². The molecule has 0 unspecified atom stereocenters. The summed E-state index contributed by atoms with van der Waals surface area (Å²) < 4.78 is 7.30. The van der Waals surface area contributed by atoms with Crippen LogP contribution in [-0.4, -0.2) is 32.3 Å². The van der Waals surface area contributed by atoms with Crippen molar-refractivity contribution in [2.24, 2.45) is 11.7 Å². The Morgan fingerprint density at radius 1 is 1.15 bits per heavy atom. The number of nitrogens with zero attached hydrogens (tertiary/aromatic N) is 3. The topological polar surface area (TPSA) is 116 Å². The molecule has 2 aromatic heterocycles. The second-order valence-corrected chi connectivity index (χ2v) is 9.39. The Labute approximate surface area is 198 Å². The molecule has 8 nitrogen and oxygen atoms in total. The van der Waals surface area contributed by atoms with Crippen LogP contribution in [0.5, 0.6) is 0 Å². The summed E-state index contributed by atoms with van der Waals surface area (Å²) in [7, 11) is 0. The van der Waals surface area contributed by atoms with E-state index in [2.05, 4.69) is 53.6 Å². The number of nitrogens with one attached hydrogen (secondary N) is 1. The Hall–Kier alpha value is -3.07. The Morgan fingerprint density at radius 3 is 2.55 bits per heavy atom.